The minimum atomic E-state index is -0.985. The number of hydrogen-bond donors (Lipinski definition) is 2. The van der Waals surface area contributed by atoms with Crippen LogP contribution in [-0.2, 0) is 4.79 Å². The van der Waals surface area contributed by atoms with E-state index in [-0.39, 0.29) is 5.91 Å². The van der Waals surface area contributed by atoms with Gasteiger partial charge in [0, 0.05) is 11.3 Å². The summed E-state index contributed by atoms with van der Waals surface area (Å²) in [5.74, 6) is -0.928. The van der Waals surface area contributed by atoms with E-state index in [0.717, 1.165) is 18.5 Å². The third kappa shape index (κ3) is 3.30. The molecule has 0 radical (unpaired) electrons. The van der Waals surface area contributed by atoms with Crippen molar-refractivity contribution in [1.82, 2.24) is 20.1 Å². The van der Waals surface area contributed by atoms with Gasteiger partial charge in [0.1, 0.15) is 18.7 Å². The Morgan fingerprint density at radius 1 is 1.23 bits per heavy atom. The minimum Gasteiger partial charge on any atom is -0.480 e. The molecule has 0 bridgehead atoms. The highest BCUT2D eigenvalue weighted by Crippen LogP contribution is 2.33. The Kier molecular flexibility index (Phi) is 3.86. The van der Waals surface area contributed by atoms with Crippen LogP contribution in [0.5, 0.6) is 0 Å². The Labute approximate surface area is 127 Å². The second kappa shape index (κ2) is 5.97. The predicted octanol–water partition coefficient (Wildman–Crippen LogP) is 1.25. The van der Waals surface area contributed by atoms with Gasteiger partial charge in [-0.1, -0.05) is 12.8 Å². The predicted molar refractivity (Wildman–Crippen MR) is 77.6 cm³/mol. The van der Waals surface area contributed by atoms with Crippen molar-refractivity contribution in [3.8, 4) is 5.69 Å². The molecule has 1 aromatic heterocycles. The van der Waals surface area contributed by atoms with Gasteiger partial charge in [0.2, 0.25) is 0 Å². The number of aromatic nitrogens is 3. The number of benzene rings is 1. The molecule has 2 aromatic rings. The Morgan fingerprint density at radius 2 is 1.86 bits per heavy atom. The normalized spacial score (nSPS) is 15.3. The second-order valence-electron chi connectivity index (χ2n) is 5.46. The number of hydrogen-bond acceptors (Lipinski definition) is 4. The van der Waals surface area contributed by atoms with E-state index >= 15 is 0 Å². The molecular weight excluding hydrogens is 284 g/mol. The third-order valence-electron chi connectivity index (χ3n) is 3.72. The maximum absolute atomic E-state index is 12.2. The van der Waals surface area contributed by atoms with Crippen molar-refractivity contribution in [2.75, 3.05) is 0 Å². The van der Waals surface area contributed by atoms with Crippen LogP contribution < -0.4 is 5.32 Å². The number of carbonyl (C=O) groups excluding carboxylic acids is 1. The molecule has 1 aromatic carbocycles. The van der Waals surface area contributed by atoms with Crippen molar-refractivity contribution in [2.24, 2.45) is 5.92 Å². The number of aliphatic carboxylic acids is 1. The van der Waals surface area contributed by atoms with Crippen LogP contribution in [-0.4, -0.2) is 37.8 Å². The summed E-state index contributed by atoms with van der Waals surface area (Å²) >= 11 is 0. The minimum absolute atomic E-state index is 0.372. The number of rotatable bonds is 6. The molecule has 2 N–H and O–H groups in total. The van der Waals surface area contributed by atoms with Crippen LogP contribution in [0.2, 0.25) is 0 Å². The fourth-order valence-electron chi connectivity index (χ4n) is 2.27. The van der Waals surface area contributed by atoms with Crippen molar-refractivity contribution in [3.05, 3.63) is 42.5 Å². The summed E-state index contributed by atoms with van der Waals surface area (Å²) in [6.45, 7) is 0. The van der Waals surface area contributed by atoms with Gasteiger partial charge in [0.25, 0.3) is 5.91 Å². The van der Waals surface area contributed by atoms with Crippen molar-refractivity contribution in [3.63, 3.8) is 0 Å². The van der Waals surface area contributed by atoms with Crippen LogP contribution in [0.3, 0.4) is 0 Å². The van der Waals surface area contributed by atoms with Crippen LogP contribution in [0.15, 0.2) is 36.9 Å². The lowest BCUT2D eigenvalue weighted by atomic mass is 10.1. The van der Waals surface area contributed by atoms with E-state index in [1.807, 2.05) is 0 Å². The summed E-state index contributed by atoms with van der Waals surface area (Å²) in [6, 6.07) is 6.00. The molecular formula is C15H16N4O3. The number of amides is 1. The lowest BCUT2D eigenvalue weighted by Gasteiger charge is -2.14. The number of carbonyl (C=O) groups is 2. The number of nitrogens with one attached hydrogen (secondary N) is 1. The van der Waals surface area contributed by atoms with E-state index in [9.17, 15) is 14.7 Å². The smallest absolute Gasteiger partial charge is 0.326 e. The molecule has 22 heavy (non-hydrogen) atoms. The highest BCUT2D eigenvalue weighted by Gasteiger charge is 2.30. The number of carboxylic acids is 1. The zero-order valence-corrected chi connectivity index (χ0v) is 11.8. The van der Waals surface area contributed by atoms with Crippen LogP contribution in [0.4, 0.5) is 0 Å². The van der Waals surface area contributed by atoms with Gasteiger partial charge >= 0.3 is 5.97 Å². The van der Waals surface area contributed by atoms with Crippen molar-refractivity contribution in [1.29, 1.82) is 0 Å². The SMILES string of the molecule is O=C(NC(CC1CC1)C(=O)O)c1ccc(-n2cnnc2)cc1. The highest BCUT2D eigenvalue weighted by molar-refractivity contribution is 5.96. The van der Waals surface area contributed by atoms with Crippen molar-refractivity contribution < 1.29 is 14.7 Å². The van der Waals surface area contributed by atoms with E-state index in [1.54, 1.807) is 41.5 Å². The van der Waals surface area contributed by atoms with Gasteiger partial charge in [-0.05, 0) is 36.6 Å². The summed E-state index contributed by atoms with van der Waals surface area (Å²) in [7, 11) is 0. The average Bonchev–Trinajstić information content (AvgIpc) is 3.16. The molecule has 1 aliphatic carbocycles. The summed E-state index contributed by atoms with van der Waals surface area (Å²) in [5, 5.41) is 19.2. The molecule has 3 rings (SSSR count). The van der Waals surface area contributed by atoms with E-state index in [2.05, 4.69) is 15.5 Å². The zero-order chi connectivity index (χ0) is 15.5. The molecule has 1 aliphatic rings. The van der Waals surface area contributed by atoms with E-state index in [0.29, 0.717) is 17.9 Å². The number of carboxylic acid groups (broad SMARTS) is 1. The molecule has 0 spiro atoms. The van der Waals surface area contributed by atoms with Crippen LogP contribution >= 0.6 is 0 Å². The van der Waals surface area contributed by atoms with Crippen molar-refractivity contribution >= 4 is 11.9 Å². The largest absolute Gasteiger partial charge is 0.480 e. The van der Waals surface area contributed by atoms with Crippen LogP contribution in [0, 0.1) is 5.92 Å². The summed E-state index contributed by atoms with van der Waals surface area (Å²) in [6.07, 6.45) is 5.72. The van der Waals surface area contributed by atoms with Gasteiger partial charge < -0.3 is 10.4 Å². The second-order valence-corrected chi connectivity index (χ2v) is 5.46. The molecule has 1 saturated carbocycles. The summed E-state index contributed by atoms with van der Waals surface area (Å²) < 4.78 is 1.72. The standard InChI is InChI=1S/C15H16N4O3/c20-14(18-13(15(21)22)7-10-1-2-10)11-3-5-12(6-4-11)19-8-16-17-9-19/h3-6,8-10,13H,1-2,7H2,(H,18,20)(H,21,22). The third-order valence-corrected chi connectivity index (χ3v) is 3.72. The molecule has 1 fully saturated rings. The van der Waals surface area contributed by atoms with Gasteiger partial charge in [0.05, 0.1) is 0 Å². The topological polar surface area (TPSA) is 97.1 Å². The highest BCUT2D eigenvalue weighted by atomic mass is 16.4. The monoisotopic (exact) mass is 300 g/mol. The van der Waals surface area contributed by atoms with Gasteiger partial charge in [-0.25, -0.2) is 4.79 Å². The molecule has 1 amide bonds. The lowest BCUT2D eigenvalue weighted by molar-refractivity contribution is -0.139. The van der Waals surface area contributed by atoms with Gasteiger partial charge in [-0.3, -0.25) is 9.36 Å². The Morgan fingerprint density at radius 3 is 2.41 bits per heavy atom. The molecule has 114 valence electrons. The first kappa shape index (κ1) is 14.2. The molecule has 1 atom stereocenters. The maximum Gasteiger partial charge on any atom is 0.326 e. The zero-order valence-electron chi connectivity index (χ0n) is 11.8. The maximum atomic E-state index is 12.2. The first-order chi connectivity index (χ1) is 10.6. The van der Waals surface area contributed by atoms with Crippen LogP contribution in [0.1, 0.15) is 29.6 Å². The van der Waals surface area contributed by atoms with Gasteiger partial charge in [0.15, 0.2) is 0 Å². The fourth-order valence-corrected chi connectivity index (χ4v) is 2.27. The first-order valence-electron chi connectivity index (χ1n) is 7.12. The first-order valence-corrected chi connectivity index (χ1v) is 7.12. The fraction of sp³-hybridized carbons (Fsp3) is 0.333. The Balaban J connectivity index is 1.67. The quantitative estimate of drug-likeness (QED) is 0.837. The van der Waals surface area contributed by atoms with Gasteiger partial charge in [-0.2, -0.15) is 0 Å². The van der Waals surface area contributed by atoms with E-state index in [1.165, 1.54) is 0 Å². The van der Waals surface area contributed by atoms with E-state index in [4.69, 9.17) is 0 Å². The molecule has 7 nitrogen and oxygen atoms in total. The summed E-state index contributed by atoms with van der Waals surface area (Å²) in [5.41, 5.74) is 1.26. The summed E-state index contributed by atoms with van der Waals surface area (Å²) in [4.78, 5) is 23.4. The Hall–Kier alpha value is -2.70. The molecule has 0 saturated heterocycles. The van der Waals surface area contributed by atoms with E-state index < -0.39 is 12.0 Å². The molecule has 1 unspecified atom stereocenters. The molecule has 7 heteroatoms. The average molecular weight is 300 g/mol. The van der Waals surface area contributed by atoms with Crippen LogP contribution in [0.25, 0.3) is 5.69 Å². The van der Waals surface area contributed by atoms with Crippen molar-refractivity contribution in [2.45, 2.75) is 25.3 Å². The lowest BCUT2D eigenvalue weighted by Crippen LogP contribution is -2.41. The Bertz CT molecular complexity index is 663. The number of nitrogens with zero attached hydrogens (tertiary/aromatic N) is 3. The molecule has 1 heterocycles. The van der Waals surface area contributed by atoms with Gasteiger partial charge in [-0.15, -0.1) is 10.2 Å². The molecule has 0 aliphatic heterocycles.